The Hall–Kier alpha value is -1.05. The standard InChI is InChI=1S/C15H22O2/c1-9-4-6-12(8-11(3)15(16)17)14-10(2)5-7-13(9)14/h8-9,12-13H,4-7H2,1-3H3,(H,16,17)/b11-8+/t9-,12+,13-/m0/s1. The maximum absolute atomic E-state index is 10.9. The van der Waals surface area contributed by atoms with E-state index in [0.29, 0.717) is 17.4 Å². The molecule has 0 aromatic rings. The zero-order chi connectivity index (χ0) is 12.6. The minimum absolute atomic E-state index is 0.384. The maximum Gasteiger partial charge on any atom is 0.330 e. The van der Waals surface area contributed by atoms with E-state index in [0.717, 1.165) is 12.3 Å². The fraction of sp³-hybridized carbons (Fsp3) is 0.667. The Morgan fingerprint density at radius 1 is 1.35 bits per heavy atom. The van der Waals surface area contributed by atoms with Crippen LogP contribution in [0.3, 0.4) is 0 Å². The third-order valence-corrected chi connectivity index (χ3v) is 4.53. The van der Waals surface area contributed by atoms with Crippen molar-refractivity contribution in [2.75, 3.05) is 0 Å². The summed E-state index contributed by atoms with van der Waals surface area (Å²) in [4.78, 5) is 10.9. The van der Waals surface area contributed by atoms with E-state index in [2.05, 4.69) is 13.8 Å². The average molecular weight is 234 g/mol. The van der Waals surface area contributed by atoms with Gasteiger partial charge in [-0.05, 0) is 57.3 Å². The molecule has 0 saturated heterocycles. The van der Waals surface area contributed by atoms with Gasteiger partial charge in [-0.3, -0.25) is 0 Å². The van der Waals surface area contributed by atoms with E-state index < -0.39 is 5.97 Å². The van der Waals surface area contributed by atoms with Crippen LogP contribution < -0.4 is 0 Å². The van der Waals surface area contributed by atoms with E-state index in [1.54, 1.807) is 12.5 Å². The van der Waals surface area contributed by atoms with Gasteiger partial charge in [0, 0.05) is 5.57 Å². The van der Waals surface area contributed by atoms with Crippen LogP contribution in [0.15, 0.2) is 22.8 Å². The summed E-state index contributed by atoms with van der Waals surface area (Å²) in [6.07, 6.45) is 6.81. The molecule has 0 radical (unpaired) electrons. The van der Waals surface area contributed by atoms with Crippen molar-refractivity contribution in [3.05, 3.63) is 22.8 Å². The first kappa shape index (κ1) is 12.4. The molecule has 2 rings (SSSR count). The highest BCUT2D eigenvalue weighted by atomic mass is 16.4. The van der Waals surface area contributed by atoms with Gasteiger partial charge in [0.25, 0.3) is 0 Å². The molecule has 3 atom stereocenters. The van der Waals surface area contributed by atoms with E-state index in [1.807, 2.05) is 6.08 Å². The summed E-state index contributed by atoms with van der Waals surface area (Å²) < 4.78 is 0. The molecular weight excluding hydrogens is 212 g/mol. The third-order valence-electron chi connectivity index (χ3n) is 4.53. The minimum Gasteiger partial charge on any atom is -0.478 e. The summed E-state index contributed by atoms with van der Waals surface area (Å²) in [6.45, 7) is 6.28. The van der Waals surface area contributed by atoms with Crippen molar-refractivity contribution in [3.8, 4) is 0 Å². The molecule has 17 heavy (non-hydrogen) atoms. The molecule has 1 fully saturated rings. The summed E-state index contributed by atoms with van der Waals surface area (Å²) >= 11 is 0. The summed E-state index contributed by atoms with van der Waals surface area (Å²) in [5, 5.41) is 8.99. The van der Waals surface area contributed by atoms with Crippen LogP contribution >= 0.6 is 0 Å². The number of carboxylic acid groups (broad SMARTS) is 1. The fourth-order valence-electron chi connectivity index (χ4n) is 3.52. The lowest BCUT2D eigenvalue weighted by molar-refractivity contribution is -0.132. The quantitative estimate of drug-likeness (QED) is 0.583. The predicted octanol–water partition coefficient (Wildman–Crippen LogP) is 3.79. The Morgan fingerprint density at radius 3 is 2.71 bits per heavy atom. The SMILES string of the molecule is CC1=C2[C@@H](CC1)[C@@H](C)CC[C@@H]2/C=C(\C)C(=O)O. The smallest absolute Gasteiger partial charge is 0.330 e. The molecule has 0 aromatic heterocycles. The van der Waals surface area contributed by atoms with Crippen LogP contribution in [-0.4, -0.2) is 11.1 Å². The zero-order valence-corrected chi connectivity index (χ0v) is 11.0. The third kappa shape index (κ3) is 2.31. The molecule has 1 saturated carbocycles. The van der Waals surface area contributed by atoms with Gasteiger partial charge in [-0.2, -0.15) is 0 Å². The van der Waals surface area contributed by atoms with Crippen LogP contribution in [0.1, 0.15) is 46.5 Å². The van der Waals surface area contributed by atoms with Crippen LogP contribution in [0.2, 0.25) is 0 Å². The normalized spacial score (nSPS) is 33.8. The van der Waals surface area contributed by atoms with E-state index in [4.69, 9.17) is 5.11 Å². The maximum atomic E-state index is 10.9. The number of carbonyl (C=O) groups is 1. The largest absolute Gasteiger partial charge is 0.478 e. The highest BCUT2D eigenvalue weighted by Gasteiger charge is 2.35. The molecular formula is C15H22O2. The first-order valence-corrected chi connectivity index (χ1v) is 6.62. The van der Waals surface area contributed by atoms with Crippen molar-refractivity contribution in [3.63, 3.8) is 0 Å². The molecule has 94 valence electrons. The number of carboxylic acids is 1. The number of rotatable bonds is 2. The second-order valence-electron chi connectivity index (χ2n) is 5.70. The number of hydrogen-bond donors (Lipinski definition) is 1. The van der Waals surface area contributed by atoms with Gasteiger partial charge in [-0.15, -0.1) is 0 Å². The van der Waals surface area contributed by atoms with Crippen molar-refractivity contribution in [1.82, 2.24) is 0 Å². The molecule has 0 bridgehead atoms. The Kier molecular flexibility index (Phi) is 3.41. The summed E-state index contributed by atoms with van der Waals surface area (Å²) in [6, 6.07) is 0. The monoisotopic (exact) mass is 234 g/mol. The first-order valence-electron chi connectivity index (χ1n) is 6.62. The highest BCUT2D eigenvalue weighted by molar-refractivity contribution is 5.85. The van der Waals surface area contributed by atoms with Crippen molar-refractivity contribution in [2.45, 2.75) is 46.5 Å². The summed E-state index contributed by atoms with van der Waals surface area (Å²) in [5.41, 5.74) is 3.57. The Morgan fingerprint density at radius 2 is 2.06 bits per heavy atom. The van der Waals surface area contributed by atoms with E-state index >= 15 is 0 Å². The fourth-order valence-corrected chi connectivity index (χ4v) is 3.52. The van der Waals surface area contributed by atoms with Gasteiger partial charge in [-0.25, -0.2) is 4.79 Å². The van der Waals surface area contributed by atoms with Gasteiger partial charge in [0.2, 0.25) is 0 Å². The highest BCUT2D eigenvalue weighted by Crippen LogP contribution is 2.48. The molecule has 0 aromatic carbocycles. The summed E-state index contributed by atoms with van der Waals surface area (Å²) in [5.74, 6) is 1.09. The van der Waals surface area contributed by atoms with Gasteiger partial charge >= 0.3 is 5.97 Å². The van der Waals surface area contributed by atoms with Gasteiger partial charge in [0.15, 0.2) is 0 Å². The molecule has 2 heteroatoms. The summed E-state index contributed by atoms with van der Waals surface area (Å²) in [7, 11) is 0. The van der Waals surface area contributed by atoms with Crippen LogP contribution in [0, 0.1) is 17.8 Å². The molecule has 2 aliphatic rings. The molecule has 0 heterocycles. The number of fused-ring (bicyclic) bond motifs is 1. The topological polar surface area (TPSA) is 37.3 Å². The number of aliphatic carboxylic acids is 1. The van der Waals surface area contributed by atoms with Gasteiger partial charge in [0.1, 0.15) is 0 Å². The second-order valence-corrected chi connectivity index (χ2v) is 5.70. The molecule has 2 aliphatic carbocycles. The van der Waals surface area contributed by atoms with E-state index in [1.165, 1.54) is 24.8 Å². The van der Waals surface area contributed by atoms with Crippen molar-refractivity contribution < 1.29 is 9.90 Å². The molecule has 0 unspecified atom stereocenters. The van der Waals surface area contributed by atoms with Crippen LogP contribution in [0.4, 0.5) is 0 Å². The van der Waals surface area contributed by atoms with Gasteiger partial charge in [-0.1, -0.05) is 24.1 Å². The molecule has 0 spiro atoms. The Balaban J connectivity index is 2.27. The second kappa shape index (κ2) is 4.67. The number of hydrogen-bond acceptors (Lipinski definition) is 1. The molecule has 1 N–H and O–H groups in total. The lowest BCUT2D eigenvalue weighted by Gasteiger charge is -2.34. The molecule has 2 nitrogen and oxygen atoms in total. The van der Waals surface area contributed by atoms with Crippen LogP contribution in [0.25, 0.3) is 0 Å². The van der Waals surface area contributed by atoms with Crippen LogP contribution in [-0.2, 0) is 4.79 Å². The Labute approximate surface area is 103 Å². The van der Waals surface area contributed by atoms with Gasteiger partial charge in [0.05, 0.1) is 0 Å². The lowest BCUT2D eigenvalue weighted by Crippen LogP contribution is -2.23. The van der Waals surface area contributed by atoms with Crippen molar-refractivity contribution in [2.24, 2.45) is 17.8 Å². The Bertz CT molecular complexity index is 390. The molecule has 0 aliphatic heterocycles. The molecule has 0 amide bonds. The van der Waals surface area contributed by atoms with Gasteiger partial charge < -0.3 is 5.11 Å². The minimum atomic E-state index is -0.781. The lowest BCUT2D eigenvalue weighted by atomic mass is 9.71. The predicted molar refractivity (Wildman–Crippen MR) is 68.7 cm³/mol. The van der Waals surface area contributed by atoms with E-state index in [9.17, 15) is 4.79 Å². The average Bonchev–Trinajstić information content (AvgIpc) is 2.66. The van der Waals surface area contributed by atoms with E-state index in [-0.39, 0.29) is 0 Å². The number of allylic oxidation sites excluding steroid dienone is 3. The van der Waals surface area contributed by atoms with Crippen molar-refractivity contribution in [1.29, 1.82) is 0 Å². The zero-order valence-electron chi connectivity index (χ0n) is 11.0. The van der Waals surface area contributed by atoms with Crippen molar-refractivity contribution >= 4 is 5.97 Å². The first-order chi connectivity index (χ1) is 8.00. The van der Waals surface area contributed by atoms with Crippen LogP contribution in [0.5, 0.6) is 0 Å².